The molecule has 0 bridgehead atoms. The van der Waals surface area contributed by atoms with Crippen LogP contribution in [0.5, 0.6) is 0 Å². The van der Waals surface area contributed by atoms with E-state index in [1.165, 1.54) is 116 Å². The van der Waals surface area contributed by atoms with E-state index in [0.717, 1.165) is 25.1 Å². The summed E-state index contributed by atoms with van der Waals surface area (Å²) in [5, 5.41) is 12.0. The Morgan fingerprint density at radius 1 is 0.632 bits per heavy atom. The van der Waals surface area contributed by atoms with Gasteiger partial charge in [-0.05, 0) is 93.2 Å². The Bertz CT molecular complexity index is 3040. The van der Waals surface area contributed by atoms with E-state index in [-0.39, 0.29) is 10.8 Å². The molecule has 282 valence electrons. The molecule has 0 aliphatic carbocycles. The second-order valence-corrected chi connectivity index (χ2v) is 19.6. The summed E-state index contributed by atoms with van der Waals surface area (Å²) in [4.78, 5) is 0. The molecule has 1 N–H and O–H groups in total. The summed E-state index contributed by atoms with van der Waals surface area (Å²) in [6, 6.07) is 46.6. The lowest BCUT2D eigenvalue weighted by Gasteiger charge is -2.28. The highest BCUT2D eigenvalue weighted by atomic mass is 32.1. The molecule has 0 saturated carbocycles. The molecule has 10 rings (SSSR count). The smallest absolute Gasteiger partial charge is 0.198 e. The van der Waals surface area contributed by atoms with Gasteiger partial charge in [0, 0.05) is 64.5 Å². The average Bonchev–Trinajstić information content (AvgIpc) is 3.74. The van der Waals surface area contributed by atoms with E-state index in [1.54, 1.807) is 0 Å². The predicted octanol–water partition coefficient (Wildman–Crippen LogP) is 13.7. The topological polar surface area (TPSA) is 17.0 Å². The second kappa shape index (κ2) is 13.4. The van der Waals surface area contributed by atoms with Crippen LogP contribution in [0.25, 0.3) is 69.6 Å². The third-order valence-electron chi connectivity index (χ3n) is 12.5. The van der Waals surface area contributed by atoms with Crippen LogP contribution >= 0.6 is 11.3 Å². The van der Waals surface area contributed by atoms with Crippen molar-refractivity contribution in [3.05, 3.63) is 138 Å². The molecule has 0 saturated heterocycles. The van der Waals surface area contributed by atoms with Crippen LogP contribution in [0.1, 0.15) is 84.4 Å². The molecule has 2 aromatic heterocycles. The minimum atomic E-state index is -0.100. The van der Waals surface area contributed by atoms with Crippen LogP contribution < -0.4 is 16.2 Å². The summed E-state index contributed by atoms with van der Waals surface area (Å²) in [5.74, 6) is 0. The number of aromatic nitrogens is 1. The highest BCUT2D eigenvalue weighted by Gasteiger charge is 2.32. The van der Waals surface area contributed by atoms with Crippen molar-refractivity contribution in [2.24, 2.45) is 0 Å². The van der Waals surface area contributed by atoms with Gasteiger partial charge >= 0.3 is 0 Å². The first kappa shape index (κ1) is 36.1. The van der Waals surface area contributed by atoms with E-state index in [2.05, 4.69) is 180 Å². The van der Waals surface area contributed by atoms with Gasteiger partial charge in [0.15, 0.2) is 7.28 Å². The fourth-order valence-corrected chi connectivity index (χ4v) is 10.6. The summed E-state index contributed by atoms with van der Waals surface area (Å²) in [7, 11) is 0.892. The van der Waals surface area contributed by atoms with Gasteiger partial charge in [0.05, 0.1) is 5.52 Å². The Labute approximate surface area is 341 Å². The van der Waals surface area contributed by atoms with Crippen molar-refractivity contribution in [1.29, 1.82) is 0 Å². The van der Waals surface area contributed by atoms with E-state index in [1.807, 2.05) is 11.3 Å². The maximum absolute atomic E-state index is 3.98. The van der Waals surface area contributed by atoms with Gasteiger partial charge in [0.25, 0.3) is 0 Å². The fourth-order valence-electron chi connectivity index (χ4n) is 9.52. The Balaban J connectivity index is 1.31. The van der Waals surface area contributed by atoms with Crippen molar-refractivity contribution in [1.82, 2.24) is 4.57 Å². The largest absolute Gasteiger partial charge is 0.355 e. The van der Waals surface area contributed by atoms with Gasteiger partial charge in [0.1, 0.15) is 0 Å². The molecular formula is C53H51BN2S. The van der Waals surface area contributed by atoms with Crippen LogP contribution in [0.15, 0.2) is 121 Å². The summed E-state index contributed by atoms with van der Waals surface area (Å²) >= 11 is 1.89. The molecule has 57 heavy (non-hydrogen) atoms. The first-order valence-corrected chi connectivity index (χ1v) is 21.8. The summed E-state index contributed by atoms with van der Waals surface area (Å²) in [6.07, 6.45) is 4.86. The van der Waals surface area contributed by atoms with Crippen LogP contribution in [-0.2, 0) is 17.3 Å². The number of unbranched alkanes of at least 4 members (excludes halogenated alkanes) is 2. The molecule has 3 heterocycles. The molecule has 2 nitrogen and oxygen atoms in total. The maximum atomic E-state index is 3.98. The first-order valence-electron chi connectivity index (χ1n) is 21.0. The Kier molecular flexibility index (Phi) is 8.47. The number of nitrogens with zero attached hydrogens (tertiary/aromatic N) is 1. The third kappa shape index (κ3) is 5.98. The molecule has 0 unspecified atom stereocenters. The number of benzene rings is 7. The lowest BCUT2D eigenvalue weighted by Crippen LogP contribution is -2.38. The van der Waals surface area contributed by atoms with Crippen molar-refractivity contribution in [2.45, 2.75) is 85.0 Å². The minimum absolute atomic E-state index is 0.0943. The van der Waals surface area contributed by atoms with Gasteiger partial charge in [-0.1, -0.05) is 152 Å². The molecular weight excluding hydrogens is 707 g/mol. The van der Waals surface area contributed by atoms with Crippen LogP contribution in [0, 0.1) is 0 Å². The van der Waals surface area contributed by atoms with Crippen LogP contribution in [0.4, 0.5) is 11.4 Å². The second-order valence-electron chi connectivity index (χ2n) is 18.5. The minimum Gasteiger partial charge on any atom is -0.355 e. The standard InChI is InChI=1S/C53H51BN2S/c1-8-9-10-15-32-20-27-45-43(28-32)54-49-41(30-42(53(5,6)7)48-38-26-21-33-16-11-12-17-36(33)50(38)56(45)51(48)49)39-29-40-37-18-13-14-19-46(37)57-47(40)31-44(39)55-35-24-22-34(23-25-35)52(2,3)4/h11-14,16-31,54-55H,8-10,15H2,1-7H3. The molecule has 7 aromatic carbocycles. The van der Waals surface area contributed by atoms with Gasteiger partial charge in [-0.15, -0.1) is 11.3 Å². The lowest BCUT2D eigenvalue weighted by atomic mass is 9.58. The van der Waals surface area contributed by atoms with Crippen molar-refractivity contribution in [3.8, 4) is 16.8 Å². The first-order chi connectivity index (χ1) is 27.5. The predicted molar refractivity (Wildman–Crippen MR) is 253 cm³/mol. The van der Waals surface area contributed by atoms with E-state index in [4.69, 9.17) is 0 Å². The molecule has 0 fully saturated rings. The van der Waals surface area contributed by atoms with E-state index < -0.39 is 0 Å². The van der Waals surface area contributed by atoms with E-state index in [0.29, 0.717) is 0 Å². The number of anilines is 2. The van der Waals surface area contributed by atoms with Gasteiger partial charge < -0.3 is 9.88 Å². The molecule has 9 aromatic rings. The molecule has 4 heteroatoms. The average molecular weight is 759 g/mol. The monoisotopic (exact) mass is 758 g/mol. The highest BCUT2D eigenvalue weighted by Crippen LogP contribution is 2.46. The zero-order valence-corrected chi connectivity index (χ0v) is 35.3. The number of rotatable bonds is 7. The normalized spacial score (nSPS) is 12.9. The lowest BCUT2D eigenvalue weighted by molar-refractivity contribution is 0.590. The van der Waals surface area contributed by atoms with Crippen molar-refractivity contribution in [2.75, 3.05) is 5.32 Å². The molecule has 0 atom stereocenters. The van der Waals surface area contributed by atoms with Gasteiger partial charge in [-0.3, -0.25) is 0 Å². The maximum Gasteiger partial charge on any atom is 0.198 e. The zero-order valence-electron chi connectivity index (χ0n) is 34.4. The number of fused-ring (bicyclic) bond motifs is 10. The molecule has 0 amide bonds. The van der Waals surface area contributed by atoms with Crippen LogP contribution in [-0.4, -0.2) is 11.8 Å². The number of hydrogen-bond donors (Lipinski definition) is 1. The molecule has 1 aliphatic rings. The number of aryl methyl sites for hydroxylation is 1. The van der Waals surface area contributed by atoms with Crippen molar-refractivity contribution < 1.29 is 0 Å². The highest BCUT2D eigenvalue weighted by molar-refractivity contribution is 7.25. The molecule has 0 radical (unpaired) electrons. The SMILES string of the molecule is CCCCCc1ccc2c(c1)Bc1c(-c3cc4c(cc3Nc3ccc(C(C)(C)C)cc3)sc3ccccc34)cc(C(C)(C)C)c3c4ccc5ccccc5c4n-2c13. The Morgan fingerprint density at radius 2 is 1.40 bits per heavy atom. The summed E-state index contributed by atoms with van der Waals surface area (Å²) < 4.78 is 5.29. The molecule has 1 aliphatic heterocycles. The van der Waals surface area contributed by atoms with Gasteiger partial charge in [-0.2, -0.15) is 0 Å². The third-order valence-corrected chi connectivity index (χ3v) is 13.6. The van der Waals surface area contributed by atoms with Crippen molar-refractivity contribution in [3.63, 3.8) is 0 Å². The Morgan fingerprint density at radius 3 is 2.18 bits per heavy atom. The zero-order chi connectivity index (χ0) is 39.2. The molecule has 0 spiro atoms. The van der Waals surface area contributed by atoms with E-state index in [9.17, 15) is 0 Å². The number of hydrogen-bond acceptors (Lipinski definition) is 2. The fraction of sp³-hybridized carbons (Fsp3) is 0.245. The van der Waals surface area contributed by atoms with Gasteiger partial charge in [-0.25, -0.2) is 0 Å². The van der Waals surface area contributed by atoms with Crippen LogP contribution in [0.2, 0.25) is 0 Å². The summed E-state index contributed by atoms with van der Waals surface area (Å²) in [6.45, 7) is 16.3. The van der Waals surface area contributed by atoms with E-state index >= 15 is 0 Å². The number of nitrogens with one attached hydrogen (secondary N) is 1. The quantitative estimate of drug-likeness (QED) is 0.127. The number of thiophene rings is 1. The van der Waals surface area contributed by atoms with Crippen LogP contribution in [0.3, 0.4) is 0 Å². The Hall–Kier alpha value is -5.32. The van der Waals surface area contributed by atoms with Gasteiger partial charge in [0.2, 0.25) is 0 Å². The summed E-state index contributed by atoms with van der Waals surface area (Å²) in [5.41, 5.74) is 15.9. The van der Waals surface area contributed by atoms with Crippen molar-refractivity contribution >= 4 is 93.7 Å².